The van der Waals surface area contributed by atoms with Crippen molar-refractivity contribution in [3.05, 3.63) is 16.6 Å². The number of halogens is 1. The lowest BCUT2D eigenvalue weighted by Crippen LogP contribution is -2.09. The maximum absolute atomic E-state index is 11.8. The molecule has 0 saturated carbocycles. The van der Waals surface area contributed by atoms with E-state index in [1.54, 1.807) is 10.6 Å². The van der Waals surface area contributed by atoms with E-state index in [1.807, 2.05) is 6.07 Å². The van der Waals surface area contributed by atoms with Crippen LogP contribution >= 0.6 is 15.9 Å². The topological polar surface area (TPSA) is 61.2 Å². The van der Waals surface area contributed by atoms with Gasteiger partial charge in [-0.05, 0) is 18.6 Å². The summed E-state index contributed by atoms with van der Waals surface area (Å²) >= 11 is 3.38. The zero-order chi connectivity index (χ0) is 12.9. The first-order valence-corrected chi connectivity index (χ1v) is 8.18. The van der Waals surface area contributed by atoms with Gasteiger partial charge in [0.05, 0.1) is 12.1 Å². The molecule has 18 heavy (non-hydrogen) atoms. The van der Waals surface area contributed by atoms with Crippen molar-refractivity contribution in [3.8, 4) is 5.75 Å². The molecule has 3 rings (SSSR count). The van der Waals surface area contributed by atoms with Crippen LogP contribution in [0.2, 0.25) is 0 Å². The molecule has 0 atom stereocenters. The molecule has 0 spiro atoms. The minimum absolute atomic E-state index is 0.113. The molecule has 0 radical (unpaired) electrons. The molecule has 2 heterocycles. The van der Waals surface area contributed by atoms with Crippen LogP contribution in [0, 0.1) is 0 Å². The Bertz CT molecular complexity index is 736. The van der Waals surface area contributed by atoms with E-state index in [1.165, 1.54) is 6.26 Å². The second-order valence-electron chi connectivity index (χ2n) is 4.29. The van der Waals surface area contributed by atoms with E-state index in [2.05, 4.69) is 20.9 Å². The van der Waals surface area contributed by atoms with Crippen LogP contribution in [0.5, 0.6) is 5.75 Å². The molecule has 1 aromatic heterocycles. The van der Waals surface area contributed by atoms with E-state index >= 15 is 0 Å². The van der Waals surface area contributed by atoms with Crippen molar-refractivity contribution in [1.82, 2.24) is 9.55 Å². The number of ether oxygens (including phenoxy) is 1. The fourth-order valence-corrected chi connectivity index (χ4v) is 3.45. The van der Waals surface area contributed by atoms with Crippen LogP contribution in [0.25, 0.3) is 11.0 Å². The summed E-state index contributed by atoms with van der Waals surface area (Å²) in [6, 6.07) is 3.65. The van der Waals surface area contributed by atoms with Crippen molar-refractivity contribution >= 4 is 36.8 Å². The summed E-state index contributed by atoms with van der Waals surface area (Å²) < 4.78 is 31.8. The lowest BCUT2D eigenvalue weighted by molar-refractivity contribution is 0.314. The zero-order valence-corrected chi connectivity index (χ0v) is 12.1. The summed E-state index contributed by atoms with van der Waals surface area (Å²) in [5.74, 6) is 0.680. The summed E-state index contributed by atoms with van der Waals surface area (Å²) in [4.78, 5) is 4.22. The SMILES string of the molecule is CS(=O)(=O)c1nc2cc(Br)cc3c2n1CCCO3. The van der Waals surface area contributed by atoms with Gasteiger partial charge in [0.2, 0.25) is 15.0 Å². The molecular formula is C11H11BrN2O3S. The van der Waals surface area contributed by atoms with Gasteiger partial charge in [-0.25, -0.2) is 13.4 Å². The van der Waals surface area contributed by atoms with Crippen molar-refractivity contribution in [3.63, 3.8) is 0 Å². The average molecular weight is 331 g/mol. The van der Waals surface area contributed by atoms with E-state index in [-0.39, 0.29) is 5.16 Å². The van der Waals surface area contributed by atoms with Gasteiger partial charge in [0, 0.05) is 17.3 Å². The maximum atomic E-state index is 11.8. The molecule has 0 fully saturated rings. The summed E-state index contributed by atoms with van der Waals surface area (Å²) in [5.41, 5.74) is 1.40. The van der Waals surface area contributed by atoms with E-state index in [0.717, 1.165) is 16.4 Å². The highest BCUT2D eigenvalue weighted by molar-refractivity contribution is 9.10. The molecular weight excluding hydrogens is 320 g/mol. The molecule has 2 aromatic rings. The van der Waals surface area contributed by atoms with Crippen molar-refractivity contribution < 1.29 is 13.2 Å². The first kappa shape index (κ1) is 12.0. The Balaban J connectivity index is 2.45. The smallest absolute Gasteiger partial charge is 0.228 e. The second kappa shape index (κ2) is 3.96. The summed E-state index contributed by atoms with van der Waals surface area (Å²) in [7, 11) is -3.34. The second-order valence-corrected chi connectivity index (χ2v) is 7.12. The number of imidazole rings is 1. The van der Waals surface area contributed by atoms with Gasteiger partial charge >= 0.3 is 0 Å². The molecule has 1 aliphatic rings. The van der Waals surface area contributed by atoms with Gasteiger partial charge in [0.1, 0.15) is 11.3 Å². The number of aromatic nitrogens is 2. The summed E-state index contributed by atoms with van der Waals surface area (Å²) in [5, 5.41) is 0.113. The van der Waals surface area contributed by atoms with Gasteiger partial charge in [-0.15, -0.1) is 0 Å². The number of hydrogen-bond acceptors (Lipinski definition) is 4. The van der Waals surface area contributed by atoms with Crippen LogP contribution in [-0.2, 0) is 16.4 Å². The molecule has 0 aliphatic carbocycles. The van der Waals surface area contributed by atoms with E-state index in [9.17, 15) is 8.42 Å². The van der Waals surface area contributed by atoms with Crippen LogP contribution < -0.4 is 4.74 Å². The third kappa shape index (κ3) is 1.81. The largest absolute Gasteiger partial charge is 0.491 e. The van der Waals surface area contributed by atoms with E-state index in [0.29, 0.717) is 24.4 Å². The first-order valence-electron chi connectivity index (χ1n) is 5.49. The number of aryl methyl sites for hydroxylation is 1. The van der Waals surface area contributed by atoms with Gasteiger partial charge < -0.3 is 9.30 Å². The van der Waals surface area contributed by atoms with Crippen LogP contribution in [0.4, 0.5) is 0 Å². The highest BCUT2D eigenvalue weighted by Gasteiger charge is 2.23. The van der Waals surface area contributed by atoms with Crippen LogP contribution in [-0.4, -0.2) is 30.8 Å². The van der Waals surface area contributed by atoms with Crippen LogP contribution in [0.1, 0.15) is 6.42 Å². The Morgan fingerprint density at radius 3 is 2.94 bits per heavy atom. The monoisotopic (exact) mass is 330 g/mol. The summed E-state index contributed by atoms with van der Waals surface area (Å²) in [6.07, 6.45) is 1.94. The normalized spacial score (nSPS) is 15.4. The molecule has 0 bridgehead atoms. The van der Waals surface area contributed by atoms with Crippen molar-refractivity contribution in [2.45, 2.75) is 18.1 Å². The number of hydrogen-bond donors (Lipinski definition) is 0. The van der Waals surface area contributed by atoms with Crippen LogP contribution in [0.3, 0.4) is 0 Å². The Morgan fingerprint density at radius 1 is 1.44 bits per heavy atom. The van der Waals surface area contributed by atoms with E-state index in [4.69, 9.17) is 4.74 Å². The minimum atomic E-state index is -3.34. The molecule has 7 heteroatoms. The number of rotatable bonds is 1. The predicted octanol–water partition coefficient (Wildman–Crippen LogP) is 1.98. The van der Waals surface area contributed by atoms with Gasteiger partial charge in [0.25, 0.3) is 0 Å². The first-order chi connectivity index (χ1) is 8.47. The zero-order valence-electron chi connectivity index (χ0n) is 9.68. The van der Waals surface area contributed by atoms with Gasteiger partial charge in [-0.3, -0.25) is 0 Å². The Hall–Kier alpha value is -1.08. The Morgan fingerprint density at radius 2 is 2.22 bits per heavy atom. The highest BCUT2D eigenvalue weighted by Crippen LogP contribution is 2.33. The number of sulfone groups is 1. The molecule has 0 N–H and O–H groups in total. The average Bonchev–Trinajstić information content (AvgIpc) is 2.49. The fourth-order valence-electron chi connectivity index (χ4n) is 2.18. The molecule has 96 valence electrons. The third-order valence-corrected chi connectivity index (χ3v) is 4.28. The molecule has 0 unspecified atom stereocenters. The maximum Gasteiger partial charge on any atom is 0.228 e. The summed E-state index contributed by atoms with van der Waals surface area (Å²) in [6.45, 7) is 1.18. The van der Waals surface area contributed by atoms with Crippen LogP contribution in [0.15, 0.2) is 21.8 Å². The Kier molecular flexibility index (Phi) is 2.63. The quantitative estimate of drug-likeness (QED) is 0.802. The fraction of sp³-hybridized carbons (Fsp3) is 0.364. The van der Waals surface area contributed by atoms with Gasteiger partial charge in [-0.2, -0.15) is 0 Å². The third-order valence-electron chi connectivity index (χ3n) is 2.85. The van der Waals surface area contributed by atoms with Gasteiger partial charge in [-0.1, -0.05) is 15.9 Å². The predicted molar refractivity (Wildman–Crippen MR) is 70.7 cm³/mol. The van der Waals surface area contributed by atoms with Crippen molar-refractivity contribution in [2.75, 3.05) is 12.9 Å². The molecule has 1 aromatic carbocycles. The molecule has 5 nitrogen and oxygen atoms in total. The number of nitrogens with zero attached hydrogens (tertiary/aromatic N) is 2. The van der Waals surface area contributed by atoms with Gasteiger partial charge in [0.15, 0.2) is 0 Å². The van der Waals surface area contributed by atoms with Crippen molar-refractivity contribution in [2.24, 2.45) is 0 Å². The highest BCUT2D eigenvalue weighted by atomic mass is 79.9. The molecule has 0 saturated heterocycles. The molecule has 1 aliphatic heterocycles. The van der Waals surface area contributed by atoms with Crippen molar-refractivity contribution in [1.29, 1.82) is 0 Å². The molecule has 0 amide bonds. The van der Waals surface area contributed by atoms with E-state index < -0.39 is 9.84 Å². The minimum Gasteiger partial charge on any atom is -0.491 e. The number of benzene rings is 1. The lowest BCUT2D eigenvalue weighted by Gasteiger charge is -2.05. The Labute approximate surface area is 113 Å². The lowest BCUT2D eigenvalue weighted by atomic mass is 10.3. The standard InChI is InChI=1S/C11H11BrN2O3S/c1-18(15,16)11-13-8-5-7(12)6-9-10(8)14(11)3-2-4-17-9/h5-6H,2-4H2,1H3.